The van der Waals surface area contributed by atoms with Gasteiger partial charge < -0.3 is 20.0 Å². The van der Waals surface area contributed by atoms with E-state index in [4.69, 9.17) is 4.42 Å². The Morgan fingerprint density at radius 2 is 1.88 bits per heavy atom. The largest absolute Gasteiger partial charge is 0.423 e. The van der Waals surface area contributed by atoms with Gasteiger partial charge in [0.2, 0.25) is 5.91 Å². The van der Waals surface area contributed by atoms with Gasteiger partial charge in [-0.1, -0.05) is 20.8 Å². The summed E-state index contributed by atoms with van der Waals surface area (Å²) in [5.41, 5.74) is 1.56. The molecule has 0 saturated heterocycles. The molecule has 1 aromatic heterocycles. The van der Waals surface area contributed by atoms with Crippen LogP contribution in [0.5, 0.6) is 0 Å². The monoisotopic (exact) mass is 359 g/mol. The number of carbonyl (C=O) groups is 1. The van der Waals surface area contributed by atoms with E-state index in [0.717, 1.165) is 29.7 Å². The number of carbonyl (C=O) groups excluding carboxylic acids is 1. The average Bonchev–Trinajstić information content (AvgIpc) is 2.53. The third kappa shape index (κ3) is 5.59. The Morgan fingerprint density at radius 3 is 2.54 bits per heavy atom. The van der Waals surface area contributed by atoms with Gasteiger partial charge in [0, 0.05) is 48.3 Å². The Hall–Kier alpha value is -2.34. The van der Waals surface area contributed by atoms with Crippen molar-refractivity contribution in [3.8, 4) is 0 Å². The van der Waals surface area contributed by atoms with Crippen LogP contribution >= 0.6 is 0 Å². The molecule has 0 spiro atoms. The summed E-state index contributed by atoms with van der Waals surface area (Å²) in [5.74, 6) is -0.00264. The van der Waals surface area contributed by atoms with E-state index < -0.39 is 5.41 Å². The minimum Gasteiger partial charge on any atom is -0.423 e. The van der Waals surface area contributed by atoms with Crippen molar-refractivity contribution in [2.75, 3.05) is 39.0 Å². The van der Waals surface area contributed by atoms with E-state index in [1.54, 1.807) is 0 Å². The lowest BCUT2D eigenvalue weighted by molar-refractivity contribution is -0.128. The third-order valence-electron chi connectivity index (χ3n) is 4.08. The molecule has 0 bridgehead atoms. The molecule has 6 heteroatoms. The molecule has 26 heavy (non-hydrogen) atoms. The van der Waals surface area contributed by atoms with Crippen molar-refractivity contribution in [1.29, 1.82) is 0 Å². The summed E-state index contributed by atoms with van der Waals surface area (Å²) in [6.45, 7) is 7.83. The fourth-order valence-corrected chi connectivity index (χ4v) is 2.55. The molecule has 1 amide bonds. The summed E-state index contributed by atoms with van der Waals surface area (Å²) in [4.78, 5) is 26.0. The number of likely N-dealkylation sites (N-methyl/N-ethyl adjacent to an activating group) is 1. The van der Waals surface area contributed by atoms with Gasteiger partial charge in [0.05, 0.1) is 0 Å². The molecule has 6 nitrogen and oxygen atoms in total. The van der Waals surface area contributed by atoms with Gasteiger partial charge in [-0.15, -0.1) is 0 Å². The number of benzene rings is 1. The predicted molar refractivity (Wildman–Crippen MR) is 106 cm³/mol. The fourth-order valence-electron chi connectivity index (χ4n) is 2.55. The summed E-state index contributed by atoms with van der Waals surface area (Å²) in [7, 11) is 4.04. The molecule has 2 rings (SSSR count). The van der Waals surface area contributed by atoms with Crippen molar-refractivity contribution in [2.24, 2.45) is 5.41 Å². The van der Waals surface area contributed by atoms with E-state index in [0.29, 0.717) is 18.5 Å². The van der Waals surface area contributed by atoms with Crippen LogP contribution in [0.1, 0.15) is 26.3 Å². The molecular formula is C20H29N3O3. The quantitative estimate of drug-likeness (QED) is 0.743. The zero-order valence-electron chi connectivity index (χ0n) is 16.3. The number of hydrogen-bond acceptors (Lipinski definition) is 5. The van der Waals surface area contributed by atoms with Gasteiger partial charge in [-0.2, -0.15) is 0 Å². The fraction of sp³-hybridized carbons (Fsp3) is 0.500. The second kappa shape index (κ2) is 8.36. The summed E-state index contributed by atoms with van der Waals surface area (Å²) in [6, 6.07) is 7.29. The second-order valence-electron chi connectivity index (χ2n) is 7.79. The van der Waals surface area contributed by atoms with Crippen LogP contribution in [0, 0.1) is 5.41 Å². The van der Waals surface area contributed by atoms with Crippen LogP contribution in [0.25, 0.3) is 11.0 Å². The standard InChI is InChI=1S/C20H29N3O3/c1-20(2,3)19(25)22-9-8-14-12-18(24)26-17-13-15(6-7-16(14)17)21-10-11-23(4)5/h6-7,12-13,21H,8-11H2,1-5H3,(H,22,25). The molecular weight excluding hydrogens is 330 g/mol. The van der Waals surface area contributed by atoms with Gasteiger partial charge in [-0.25, -0.2) is 4.79 Å². The number of nitrogens with one attached hydrogen (secondary N) is 2. The second-order valence-corrected chi connectivity index (χ2v) is 7.79. The van der Waals surface area contributed by atoms with E-state index in [1.165, 1.54) is 6.07 Å². The summed E-state index contributed by atoms with van der Waals surface area (Å²) < 4.78 is 5.36. The molecule has 2 aromatic rings. The zero-order valence-corrected chi connectivity index (χ0v) is 16.3. The first-order chi connectivity index (χ1) is 12.2. The normalized spacial score (nSPS) is 11.8. The van der Waals surface area contributed by atoms with E-state index in [9.17, 15) is 9.59 Å². The first kappa shape index (κ1) is 20.0. The van der Waals surface area contributed by atoms with Crippen LogP contribution in [0.15, 0.2) is 33.5 Å². The van der Waals surface area contributed by atoms with Crippen LogP contribution in [0.4, 0.5) is 5.69 Å². The molecule has 2 N–H and O–H groups in total. The van der Waals surface area contributed by atoms with Gasteiger partial charge in [0.25, 0.3) is 0 Å². The highest BCUT2D eigenvalue weighted by Crippen LogP contribution is 2.21. The molecule has 1 aromatic carbocycles. The van der Waals surface area contributed by atoms with Crippen molar-refractivity contribution in [3.63, 3.8) is 0 Å². The summed E-state index contributed by atoms with van der Waals surface area (Å²) >= 11 is 0. The molecule has 0 unspecified atom stereocenters. The van der Waals surface area contributed by atoms with E-state index in [1.807, 2.05) is 53.1 Å². The molecule has 0 aliphatic heterocycles. The lowest BCUT2D eigenvalue weighted by Crippen LogP contribution is -2.36. The third-order valence-corrected chi connectivity index (χ3v) is 4.08. The molecule has 0 atom stereocenters. The first-order valence-electron chi connectivity index (χ1n) is 8.90. The van der Waals surface area contributed by atoms with Crippen LogP contribution in [-0.4, -0.2) is 44.5 Å². The molecule has 0 fully saturated rings. The lowest BCUT2D eigenvalue weighted by atomic mass is 9.95. The Labute approximate surface area is 154 Å². The van der Waals surface area contributed by atoms with E-state index >= 15 is 0 Å². The van der Waals surface area contributed by atoms with E-state index in [2.05, 4.69) is 15.5 Å². The Kier molecular flexibility index (Phi) is 6.42. The highest BCUT2D eigenvalue weighted by Gasteiger charge is 2.20. The Bertz CT molecular complexity index is 819. The maximum absolute atomic E-state index is 12.0. The van der Waals surface area contributed by atoms with Crippen molar-refractivity contribution >= 4 is 22.6 Å². The summed E-state index contributed by atoms with van der Waals surface area (Å²) in [5, 5.41) is 7.13. The molecule has 0 aliphatic carbocycles. The maximum atomic E-state index is 12.0. The minimum absolute atomic E-state index is 0.00264. The van der Waals surface area contributed by atoms with Crippen molar-refractivity contribution < 1.29 is 9.21 Å². The molecule has 142 valence electrons. The van der Waals surface area contributed by atoms with Gasteiger partial charge in [-0.05, 0) is 38.2 Å². The maximum Gasteiger partial charge on any atom is 0.336 e. The van der Waals surface area contributed by atoms with Crippen molar-refractivity contribution in [2.45, 2.75) is 27.2 Å². The van der Waals surface area contributed by atoms with Crippen LogP contribution < -0.4 is 16.3 Å². The lowest BCUT2D eigenvalue weighted by Gasteiger charge is -2.17. The molecule has 0 saturated carbocycles. The number of anilines is 1. The molecule has 1 heterocycles. The Morgan fingerprint density at radius 1 is 1.15 bits per heavy atom. The minimum atomic E-state index is -0.426. The number of nitrogens with zero attached hydrogens (tertiary/aromatic N) is 1. The Balaban J connectivity index is 2.12. The van der Waals surface area contributed by atoms with Crippen LogP contribution in [-0.2, 0) is 11.2 Å². The van der Waals surface area contributed by atoms with Crippen molar-refractivity contribution in [1.82, 2.24) is 10.2 Å². The van der Waals surface area contributed by atoms with Gasteiger partial charge >= 0.3 is 5.63 Å². The average molecular weight is 359 g/mol. The van der Waals surface area contributed by atoms with Gasteiger partial charge in [0.15, 0.2) is 0 Å². The predicted octanol–water partition coefficient (Wildman–Crippen LogP) is 2.47. The van der Waals surface area contributed by atoms with Gasteiger partial charge in [0.1, 0.15) is 5.58 Å². The zero-order chi connectivity index (χ0) is 19.3. The number of rotatable bonds is 7. The van der Waals surface area contributed by atoms with Crippen molar-refractivity contribution in [3.05, 3.63) is 40.2 Å². The summed E-state index contributed by atoms with van der Waals surface area (Å²) in [6.07, 6.45) is 0.581. The topological polar surface area (TPSA) is 74.6 Å². The number of fused-ring (bicyclic) bond motifs is 1. The SMILES string of the molecule is CN(C)CCNc1ccc2c(CCNC(=O)C(C)(C)C)cc(=O)oc2c1. The van der Waals surface area contributed by atoms with Crippen LogP contribution in [0.3, 0.4) is 0 Å². The highest BCUT2D eigenvalue weighted by atomic mass is 16.4. The molecule has 0 radical (unpaired) electrons. The smallest absolute Gasteiger partial charge is 0.336 e. The first-order valence-corrected chi connectivity index (χ1v) is 8.90. The number of amides is 1. The van der Waals surface area contributed by atoms with Gasteiger partial charge in [-0.3, -0.25) is 4.79 Å². The van der Waals surface area contributed by atoms with E-state index in [-0.39, 0.29) is 11.5 Å². The van der Waals surface area contributed by atoms with Crippen LogP contribution in [0.2, 0.25) is 0 Å². The number of hydrogen-bond donors (Lipinski definition) is 2. The molecule has 0 aliphatic rings. The highest BCUT2D eigenvalue weighted by molar-refractivity contribution is 5.84.